The normalized spacial score (nSPS) is 13.0. The first-order chi connectivity index (χ1) is 5.65. The molecule has 0 unspecified atom stereocenters. The van der Waals surface area contributed by atoms with E-state index >= 15 is 0 Å². The third-order valence-electron chi connectivity index (χ3n) is 1.88. The van der Waals surface area contributed by atoms with Gasteiger partial charge in [0, 0.05) is 6.04 Å². The molecule has 12 heavy (non-hydrogen) atoms. The molecule has 1 aromatic carbocycles. The van der Waals surface area contributed by atoms with Crippen LogP contribution in [0.15, 0.2) is 18.2 Å². The number of nitrogens with one attached hydrogen (secondary N) is 1. The summed E-state index contributed by atoms with van der Waals surface area (Å²) in [6, 6.07) is 5.97. The van der Waals surface area contributed by atoms with Gasteiger partial charge >= 0.3 is 0 Å². The lowest BCUT2D eigenvalue weighted by Crippen LogP contribution is -2.11. The van der Waals surface area contributed by atoms with Gasteiger partial charge in [-0.05, 0) is 31.7 Å². The van der Waals surface area contributed by atoms with Crippen molar-refractivity contribution in [3.05, 3.63) is 33.8 Å². The van der Waals surface area contributed by atoms with E-state index in [0.29, 0.717) is 16.1 Å². The zero-order chi connectivity index (χ0) is 9.14. The Morgan fingerprint density at radius 3 is 2.42 bits per heavy atom. The highest BCUT2D eigenvalue weighted by molar-refractivity contribution is 6.42. The van der Waals surface area contributed by atoms with Crippen molar-refractivity contribution in [1.82, 2.24) is 5.32 Å². The van der Waals surface area contributed by atoms with Crippen molar-refractivity contribution in [1.29, 1.82) is 0 Å². The molecule has 0 amide bonds. The average molecular weight is 204 g/mol. The van der Waals surface area contributed by atoms with Gasteiger partial charge in [0.1, 0.15) is 0 Å². The molecule has 0 aliphatic heterocycles. The van der Waals surface area contributed by atoms with Crippen LogP contribution in [0.3, 0.4) is 0 Å². The molecular formula is C9H11Cl2N. The average Bonchev–Trinajstić information content (AvgIpc) is 2.08. The molecular weight excluding hydrogens is 193 g/mol. The second-order valence-electron chi connectivity index (χ2n) is 2.68. The molecule has 0 aliphatic rings. The van der Waals surface area contributed by atoms with Crippen LogP contribution in [0.5, 0.6) is 0 Å². The Hall–Kier alpha value is -0.240. The quantitative estimate of drug-likeness (QED) is 0.779. The molecule has 0 aliphatic carbocycles. The number of hydrogen-bond acceptors (Lipinski definition) is 1. The molecule has 0 spiro atoms. The largest absolute Gasteiger partial charge is 0.313 e. The Morgan fingerprint density at radius 2 is 1.92 bits per heavy atom. The van der Waals surface area contributed by atoms with E-state index in [-0.39, 0.29) is 0 Å². The highest BCUT2D eigenvalue weighted by Gasteiger charge is 2.04. The summed E-state index contributed by atoms with van der Waals surface area (Å²) in [7, 11) is 1.91. The summed E-state index contributed by atoms with van der Waals surface area (Å²) >= 11 is 11.6. The van der Waals surface area contributed by atoms with E-state index in [0.717, 1.165) is 5.56 Å². The maximum atomic E-state index is 5.86. The maximum Gasteiger partial charge on any atom is 0.0595 e. The molecule has 1 N–H and O–H groups in total. The van der Waals surface area contributed by atoms with Gasteiger partial charge in [0.15, 0.2) is 0 Å². The Labute approximate surface area is 82.7 Å². The number of hydrogen-bond donors (Lipinski definition) is 1. The first-order valence-corrected chi connectivity index (χ1v) is 4.53. The predicted octanol–water partition coefficient (Wildman–Crippen LogP) is 3.27. The minimum atomic E-state index is 0.305. The zero-order valence-electron chi connectivity index (χ0n) is 7.07. The van der Waals surface area contributed by atoms with Crippen molar-refractivity contribution in [3.63, 3.8) is 0 Å². The maximum absolute atomic E-state index is 5.86. The number of benzene rings is 1. The molecule has 1 nitrogen and oxygen atoms in total. The van der Waals surface area contributed by atoms with Crippen LogP contribution in [0.4, 0.5) is 0 Å². The van der Waals surface area contributed by atoms with Crippen molar-refractivity contribution in [2.45, 2.75) is 13.0 Å². The molecule has 1 rings (SSSR count). The van der Waals surface area contributed by atoms with Crippen molar-refractivity contribution >= 4 is 23.2 Å². The molecule has 0 aromatic heterocycles. The van der Waals surface area contributed by atoms with Gasteiger partial charge in [0.25, 0.3) is 0 Å². The third-order valence-corrected chi connectivity index (χ3v) is 2.62. The monoisotopic (exact) mass is 203 g/mol. The van der Waals surface area contributed by atoms with Crippen molar-refractivity contribution < 1.29 is 0 Å². The fourth-order valence-corrected chi connectivity index (χ4v) is 1.25. The van der Waals surface area contributed by atoms with E-state index < -0.39 is 0 Å². The van der Waals surface area contributed by atoms with Crippen LogP contribution < -0.4 is 5.32 Å². The van der Waals surface area contributed by atoms with E-state index in [1.807, 2.05) is 25.2 Å². The third kappa shape index (κ3) is 2.13. The molecule has 1 atom stereocenters. The Bertz CT molecular complexity index is 273. The first kappa shape index (κ1) is 9.85. The SMILES string of the molecule is CN[C@H](C)c1ccc(Cl)c(Cl)c1. The van der Waals surface area contributed by atoms with E-state index in [2.05, 4.69) is 12.2 Å². The molecule has 0 saturated carbocycles. The second kappa shape index (κ2) is 4.13. The van der Waals surface area contributed by atoms with Gasteiger partial charge in [-0.2, -0.15) is 0 Å². The van der Waals surface area contributed by atoms with E-state index in [1.54, 1.807) is 0 Å². The minimum Gasteiger partial charge on any atom is -0.313 e. The van der Waals surface area contributed by atoms with Crippen molar-refractivity contribution in [3.8, 4) is 0 Å². The lowest BCUT2D eigenvalue weighted by atomic mass is 10.1. The summed E-state index contributed by atoms with van der Waals surface area (Å²) in [4.78, 5) is 0. The molecule has 3 heteroatoms. The van der Waals surface area contributed by atoms with Crippen LogP contribution in [0, 0.1) is 0 Å². The van der Waals surface area contributed by atoms with E-state index in [9.17, 15) is 0 Å². The lowest BCUT2D eigenvalue weighted by Gasteiger charge is -2.10. The summed E-state index contributed by atoms with van der Waals surface area (Å²) in [5.41, 5.74) is 1.15. The molecule has 0 fully saturated rings. The van der Waals surface area contributed by atoms with Crippen LogP contribution in [-0.2, 0) is 0 Å². The molecule has 0 bridgehead atoms. The number of rotatable bonds is 2. The summed E-state index contributed by atoms with van der Waals surface area (Å²) < 4.78 is 0. The fourth-order valence-electron chi connectivity index (χ4n) is 0.948. The van der Waals surface area contributed by atoms with Gasteiger partial charge in [-0.3, -0.25) is 0 Å². The standard InChI is InChI=1S/C9H11Cl2N/c1-6(12-2)7-3-4-8(10)9(11)5-7/h3-6,12H,1-2H3/t6-/m1/s1. The predicted molar refractivity (Wildman–Crippen MR) is 53.9 cm³/mol. The van der Waals surface area contributed by atoms with Crippen molar-refractivity contribution in [2.24, 2.45) is 0 Å². The van der Waals surface area contributed by atoms with Crippen LogP contribution in [0.1, 0.15) is 18.5 Å². The van der Waals surface area contributed by atoms with Crippen LogP contribution in [0.2, 0.25) is 10.0 Å². The van der Waals surface area contributed by atoms with E-state index in [1.165, 1.54) is 0 Å². The summed E-state index contributed by atoms with van der Waals surface area (Å²) in [5.74, 6) is 0. The number of halogens is 2. The first-order valence-electron chi connectivity index (χ1n) is 3.77. The second-order valence-corrected chi connectivity index (χ2v) is 3.50. The van der Waals surface area contributed by atoms with Gasteiger partial charge in [0.05, 0.1) is 10.0 Å². The lowest BCUT2D eigenvalue weighted by molar-refractivity contribution is 0.652. The fraction of sp³-hybridized carbons (Fsp3) is 0.333. The Kier molecular flexibility index (Phi) is 3.39. The smallest absolute Gasteiger partial charge is 0.0595 e. The van der Waals surface area contributed by atoms with Gasteiger partial charge in [-0.1, -0.05) is 29.3 Å². The molecule has 66 valence electrons. The summed E-state index contributed by atoms with van der Waals surface area (Å²) in [6.07, 6.45) is 0. The van der Waals surface area contributed by atoms with Crippen LogP contribution in [-0.4, -0.2) is 7.05 Å². The minimum absolute atomic E-state index is 0.305. The molecule has 1 aromatic rings. The topological polar surface area (TPSA) is 12.0 Å². The Balaban J connectivity index is 2.96. The van der Waals surface area contributed by atoms with Gasteiger partial charge in [-0.25, -0.2) is 0 Å². The van der Waals surface area contributed by atoms with Gasteiger partial charge in [-0.15, -0.1) is 0 Å². The summed E-state index contributed by atoms with van der Waals surface area (Å²) in [5, 5.41) is 4.33. The molecule has 0 radical (unpaired) electrons. The van der Waals surface area contributed by atoms with Crippen molar-refractivity contribution in [2.75, 3.05) is 7.05 Å². The van der Waals surface area contributed by atoms with Crippen LogP contribution >= 0.6 is 23.2 Å². The van der Waals surface area contributed by atoms with E-state index in [4.69, 9.17) is 23.2 Å². The molecule has 0 saturated heterocycles. The van der Waals surface area contributed by atoms with Gasteiger partial charge < -0.3 is 5.32 Å². The molecule has 0 heterocycles. The van der Waals surface area contributed by atoms with Gasteiger partial charge in [0.2, 0.25) is 0 Å². The zero-order valence-corrected chi connectivity index (χ0v) is 8.58. The highest BCUT2D eigenvalue weighted by Crippen LogP contribution is 2.25. The van der Waals surface area contributed by atoms with Crippen LogP contribution in [0.25, 0.3) is 0 Å². The Morgan fingerprint density at radius 1 is 1.25 bits per heavy atom. The highest BCUT2D eigenvalue weighted by atomic mass is 35.5. The summed E-state index contributed by atoms with van der Waals surface area (Å²) in [6.45, 7) is 2.07.